The first-order valence-electron chi connectivity index (χ1n) is 10.0. The van der Waals surface area contributed by atoms with Crippen molar-refractivity contribution in [3.05, 3.63) is 48.0 Å². The first-order chi connectivity index (χ1) is 13.6. The number of aromatic nitrogens is 1. The van der Waals surface area contributed by atoms with Crippen LogP contribution < -0.4 is 4.90 Å². The number of benzene rings is 2. The van der Waals surface area contributed by atoms with E-state index in [0.29, 0.717) is 12.0 Å². The van der Waals surface area contributed by atoms with Crippen molar-refractivity contribution < 1.29 is 9.32 Å². The molecule has 0 unspecified atom stereocenters. The Bertz CT molecular complexity index is 971. The van der Waals surface area contributed by atoms with Gasteiger partial charge < -0.3 is 14.3 Å². The molecule has 1 aromatic heterocycles. The highest BCUT2D eigenvalue weighted by Crippen LogP contribution is 2.32. The van der Waals surface area contributed by atoms with Crippen LogP contribution in [0, 0.1) is 0 Å². The fourth-order valence-corrected chi connectivity index (χ4v) is 3.79. The number of Topliss-reactive ketones (excluding diaryl/α,β-unsaturated/α-hetero) is 1. The van der Waals surface area contributed by atoms with Gasteiger partial charge in [-0.1, -0.05) is 17.3 Å². The van der Waals surface area contributed by atoms with Gasteiger partial charge in [0, 0.05) is 42.9 Å². The summed E-state index contributed by atoms with van der Waals surface area (Å²) in [5, 5.41) is 5.10. The minimum atomic E-state index is 0.143. The zero-order valence-electron chi connectivity index (χ0n) is 16.6. The molecule has 146 valence electrons. The fourth-order valence-electron chi connectivity index (χ4n) is 3.79. The second-order valence-electron chi connectivity index (χ2n) is 7.82. The lowest BCUT2D eigenvalue weighted by Crippen LogP contribution is -2.29. The number of carbonyl (C=O) groups excluding carboxylic acids is 1. The van der Waals surface area contributed by atoms with Crippen molar-refractivity contribution in [2.24, 2.45) is 0 Å². The first-order valence-corrected chi connectivity index (χ1v) is 10.0. The normalized spacial score (nSPS) is 14.8. The Hall–Kier alpha value is -2.66. The van der Waals surface area contributed by atoms with E-state index in [4.69, 9.17) is 4.52 Å². The molecule has 4 rings (SSSR count). The molecule has 5 heteroatoms. The molecule has 3 aromatic rings. The molecule has 28 heavy (non-hydrogen) atoms. The van der Waals surface area contributed by atoms with Gasteiger partial charge in [0.15, 0.2) is 11.5 Å². The number of fused-ring (bicyclic) bond motifs is 1. The van der Waals surface area contributed by atoms with Gasteiger partial charge in [-0.2, -0.15) is 0 Å². The van der Waals surface area contributed by atoms with Crippen LogP contribution in [-0.4, -0.2) is 49.6 Å². The topological polar surface area (TPSA) is 49.6 Å². The predicted molar refractivity (Wildman–Crippen MR) is 113 cm³/mol. The number of nitrogens with zero attached hydrogens (tertiary/aromatic N) is 3. The maximum absolute atomic E-state index is 12.5. The Morgan fingerprint density at radius 3 is 2.71 bits per heavy atom. The van der Waals surface area contributed by atoms with E-state index in [1.807, 2.05) is 43.3 Å². The number of piperidine rings is 1. The summed E-state index contributed by atoms with van der Waals surface area (Å²) in [4.78, 5) is 17.0. The van der Waals surface area contributed by atoms with E-state index in [1.54, 1.807) is 0 Å². The molecule has 0 aliphatic carbocycles. The van der Waals surface area contributed by atoms with Crippen LogP contribution in [0.1, 0.15) is 36.0 Å². The van der Waals surface area contributed by atoms with Crippen molar-refractivity contribution in [2.45, 2.75) is 25.7 Å². The third-order valence-electron chi connectivity index (χ3n) is 5.41. The van der Waals surface area contributed by atoms with E-state index >= 15 is 0 Å². The number of anilines is 1. The lowest BCUT2D eigenvalue weighted by Gasteiger charge is -2.29. The molecule has 1 aliphatic heterocycles. The minimum Gasteiger partial charge on any atom is -0.372 e. The highest BCUT2D eigenvalue weighted by molar-refractivity contribution is 6.02. The summed E-state index contributed by atoms with van der Waals surface area (Å²) >= 11 is 0. The Labute approximate surface area is 165 Å². The standard InChI is InChI=1S/C23H27N3O2/c1-25(2)14-11-22(27)17-9-10-21-20(16-17)23(28-24-21)18-7-6-8-19(15-18)26-12-4-3-5-13-26/h6-10,15-16H,3-5,11-14H2,1-2H3. The lowest BCUT2D eigenvalue weighted by atomic mass is 10.0. The van der Waals surface area contributed by atoms with E-state index in [0.717, 1.165) is 41.9 Å². The van der Waals surface area contributed by atoms with Gasteiger partial charge >= 0.3 is 0 Å². The number of hydrogen-bond donors (Lipinski definition) is 0. The molecular weight excluding hydrogens is 350 g/mol. The predicted octanol–water partition coefficient (Wildman–Crippen LogP) is 4.62. The molecule has 0 bridgehead atoms. The molecule has 0 radical (unpaired) electrons. The van der Waals surface area contributed by atoms with E-state index in [2.05, 4.69) is 28.3 Å². The molecule has 0 atom stereocenters. The van der Waals surface area contributed by atoms with Gasteiger partial charge in [-0.3, -0.25) is 4.79 Å². The SMILES string of the molecule is CN(C)CCC(=O)c1ccc2noc(-c3cccc(N4CCCCC4)c3)c2c1. The summed E-state index contributed by atoms with van der Waals surface area (Å²) in [6.07, 6.45) is 4.30. The molecule has 0 saturated carbocycles. The zero-order valence-corrected chi connectivity index (χ0v) is 16.6. The average Bonchev–Trinajstić information content (AvgIpc) is 3.16. The van der Waals surface area contributed by atoms with Crippen LogP contribution in [0.5, 0.6) is 0 Å². The average molecular weight is 377 g/mol. The van der Waals surface area contributed by atoms with Crippen molar-refractivity contribution in [2.75, 3.05) is 38.6 Å². The van der Waals surface area contributed by atoms with Gasteiger partial charge in [-0.05, 0) is 63.7 Å². The molecule has 0 N–H and O–H groups in total. The molecule has 0 spiro atoms. The van der Waals surface area contributed by atoms with E-state index in [-0.39, 0.29) is 5.78 Å². The second-order valence-corrected chi connectivity index (χ2v) is 7.82. The summed E-state index contributed by atoms with van der Waals surface area (Å²) in [5.41, 5.74) is 3.72. The van der Waals surface area contributed by atoms with Crippen LogP contribution in [0.2, 0.25) is 0 Å². The number of carbonyl (C=O) groups is 1. The number of hydrogen-bond acceptors (Lipinski definition) is 5. The highest BCUT2D eigenvalue weighted by atomic mass is 16.5. The quantitative estimate of drug-likeness (QED) is 0.587. The fraction of sp³-hybridized carbons (Fsp3) is 0.391. The van der Waals surface area contributed by atoms with Crippen LogP contribution in [0.25, 0.3) is 22.2 Å². The van der Waals surface area contributed by atoms with Crippen LogP contribution in [0.3, 0.4) is 0 Å². The smallest absolute Gasteiger partial charge is 0.174 e. The molecule has 1 aliphatic rings. The maximum Gasteiger partial charge on any atom is 0.174 e. The van der Waals surface area contributed by atoms with Crippen molar-refractivity contribution in [3.63, 3.8) is 0 Å². The molecule has 5 nitrogen and oxygen atoms in total. The summed E-state index contributed by atoms with van der Waals surface area (Å²) in [5.74, 6) is 0.876. The third-order valence-corrected chi connectivity index (χ3v) is 5.41. The molecule has 0 amide bonds. The zero-order chi connectivity index (χ0) is 19.5. The summed E-state index contributed by atoms with van der Waals surface area (Å²) in [7, 11) is 3.95. The van der Waals surface area contributed by atoms with Crippen molar-refractivity contribution >= 4 is 22.4 Å². The Balaban J connectivity index is 1.65. The van der Waals surface area contributed by atoms with Crippen molar-refractivity contribution in [1.29, 1.82) is 0 Å². The van der Waals surface area contributed by atoms with Gasteiger partial charge in [0.2, 0.25) is 0 Å². The Morgan fingerprint density at radius 2 is 1.93 bits per heavy atom. The minimum absolute atomic E-state index is 0.143. The Kier molecular flexibility index (Phi) is 5.44. The van der Waals surface area contributed by atoms with Crippen LogP contribution in [0.15, 0.2) is 47.0 Å². The van der Waals surface area contributed by atoms with Crippen LogP contribution in [-0.2, 0) is 0 Å². The van der Waals surface area contributed by atoms with E-state index in [1.165, 1.54) is 24.9 Å². The molecule has 1 saturated heterocycles. The molecular formula is C23H27N3O2. The highest BCUT2D eigenvalue weighted by Gasteiger charge is 2.16. The summed E-state index contributed by atoms with van der Waals surface area (Å²) < 4.78 is 5.69. The maximum atomic E-state index is 12.5. The number of ketones is 1. The van der Waals surface area contributed by atoms with E-state index in [9.17, 15) is 4.79 Å². The molecule has 2 heterocycles. The Morgan fingerprint density at radius 1 is 1.11 bits per heavy atom. The lowest BCUT2D eigenvalue weighted by molar-refractivity contribution is 0.0972. The van der Waals surface area contributed by atoms with Crippen LogP contribution >= 0.6 is 0 Å². The van der Waals surface area contributed by atoms with Gasteiger partial charge in [0.25, 0.3) is 0 Å². The number of rotatable bonds is 6. The first kappa shape index (κ1) is 18.7. The summed E-state index contributed by atoms with van der Waals surface area (Å²) in [6, 6.07) is 14.1. The van der Waals surface area contributed by atoms with Crippen molar-refractivity contribution in [1.82, 2.24) is 10.1 Å². The molecule has 1 fully saturated rings. The molecule has 2 aromatic carbocycles. The van der Waals surface area contributed by atoms with Gasteiger partial charge in [0.05, 0.1) is 5.39 Å². The second kappa shape index (κ2) is 8.15. The third kappa shape index (κ3) is 3.94. The largest absolute Gasteiger partial charge is 0.372 e. The van der Waals surface area contributed by atoms with Crippen molar-refractivity contribution in [3.8, 4) is 11.3 Å². The summed E-state index contributed by atoms with van der Waals surface area (Å²) in [6.45, 7) is 2.95. The van der Waals surface area contributed by atoms with Gasteiger partial charge in [-0.15, -0.1) is 0 Å². The van der Waals surface area contributed by atoms with Gasteiger partial charge in [-0.25, -0.2) is 0 Å². The monoisotopic (exact) mass is 377 g/mol. The van der Waals surface area contributed by atoms with E-state index < -0.39 is 0 Å². The van der Waals surface area contributed by atoms with Gasteiger partial charge in [0.1, 0.15) is 5.52 Å². The van der Waals surface area contributed by atoms with Crippen LogP contribution in [0.4, 0.5) is 5.69 Å².